The predicted molar refractivity (Wildman–Crippen MR) is 71.2 cm³/mol. The molecule has 112 valence electrons. The van der Waals surface area contributed by atoms with Gasteiger partial charge in [-0.1, -0.05) is 17.7 Å². The second-order valence-corrected chi connectivity index (χ2v) is 4.97. The Morgan fingerprint density at radius 3 is 2.67 bits per heavy atom. The first-order valence-electron chi connectivity index (χ1n) is 5.97. The van der Waals surface area contributed by atoms with Crippen LogP contribution in [-0.2, 0) is 4.79 Å². The average Bonchev–Trinajstić information content (AvgIpc) is 2.80. The van der Waals surface area contributed by atoms with Gasteiger partial charge in [0.05, 0.1) is 16.6 Å². The normalized spacial score (nSPS) is 21.3. The Balaban J connectivity index is 2.38. The maximum Gasteiger partial charge on any atom is 0.326 e. The number of aliphatic carboxylic acids is 1. The number of β-amino-alcohol motifs (C(OH)–C–C–N with tert-alkyl or cyclic N) is 1. The van der Waals surface area contributed by atoms with Crippen LogP contribution in [0.1, 0.15) is 16.8 Å². The molecule has 1 fully saturated rings. The zero-order valence-corrected chi connectivity index (χ0v) is 11.4. The molecule has 21 heavy (non-hydrogen) atoms. The van der Waals surface area contributed by atoms with E-state index in [1.54, 1.807) is 0 Å². The van der Waals surface area contributed by atoms with Crippen LogP contribution in [0, 0.1) is 10.1 Å². The van der Waals surface area contributed by atoms with Crippen molar-refractivity contribution < 1.29 is 24.7 Å². The minimum Gasteiger partial charge on any atom is -0.480 e. The first-order valence-corrected chi connectivity index (χ1v) is 6.35. The van der Waals surface area contributed by atoms with E-state index in [2.05, 4.69) is 0 Å². The van der Waals surface area contributed by atoms with Gasteiger partial charge in [-0.3, -0.25) is 14.9 Å². The molecule has 0 bridgehead atoms. The van der Waals surface area contributed by atoms with Gasteiger partial charge in [0.1, 0.15) is 11.1 Å². The molecule has 0 radical (unpaired) electrons. The lowest BCUT2D eigenvalue weighted by Crippen LogP contribution is -2.40. The van der Waals surface area contributed by atoms with Crippen molar-refractivity contribution in [2.24, 2.45) is 0 Å². The quantitative estimate of drug-likeness (QED) is 0.631. The maximum absolute atomic E-state index is 12.3. The monoisotopic (exact) mass is 314 g/mol. The van der Waals surface area contributed by atoms with Crippen molar-refractivity contribution in [2.45, 2.75) is 18.6 Å². The lowest BCUT2D eigenvalue weighted by Gasteiger charge is -2.21. The largest absolute Gasteiger partial charge is 0.480 e. The van der Waals surface area contributed by atoms with E-state index < -0.39 is 34.6 Å². The van der Waals surface area contributed by atoms with E-state index in [1.807, 2.05) is 0 Å². The van der Waals surface area contributed by atoms with Crippen molar-refractivity contribution in [2.75, 3.05) is 6.54 Å². The molecular weight excluding hydrogens is 304 g/mol. The van der Waals surface area contributed by atoms with Crippen molar-refractivity contribution in [3.8, 4) is 0 Å². The fourth-order valence-corrected chi connectivity index (χ4v) is 2.53. The van der Waals surface area contributed by atoms with Crippen molar-refractivity contribution >= 4 is 29.2 Å². The highest BCUT2D eigenvalue weighted by Crippen LogP contribution is 2.30. The minimum absolute atomic E-state index is 0.0897. The Labute approximate surface area is 123 Å². The zero-order valence-electron chi connectivity index (χ0n) is 10.6. The van der Waals surface area contributed by atoms with Gasteiger partial charge in [0.2, 0.25) is 0 Å². The summed E-state index contributed by atoms with van der Waals surface area (Å²) in [5, 5.41) is 29.0. The fraction of sp³-hybridized carbons (Fsp3) is 0.333. The number of carboxylic acid groups (broad SMARTS) is 1. The van der Waals surface area contributed by atoms with Gasteiger partial charge in [0, 0.05) is 19.0 Å². The number of benzene rings is 1. The summed E-state index contributed by atoms with van der Waals surface area (Å²) >= 11 is 5.84. The molecule has 1 aliphatic rings. The summed E-state index contributed by atoms with van der Waals surface area (Å²) < 4.78 is 0. The molecule has 2 atom stereocenters. The third kappa shape index (κ3) is 2.81. The molecule has 0 aromatic heterocycles. The van der Waals surface area contributed by atoms with Gasteiger partial charge in [-0.05, 0) is 6.07 Å². The molecule has 2 N–H and O–H groups in total. The summed E-state index contributed by atoms with van der Waals surface area (Å²) in [6.07, 6.45) is -1.04. The Bertz CT molecular complexity index is 620. The molecule has 1 heterocycles. The van der Waals surface area contributed by atoms with E-state index in [9.17, 15) is 24.8 Å². The van der Waals surface area contributed by atoms with Crippen LogP contribution in [0.2, 0.25) is 5.02 Å². The van der Waals surface area contributed by atoms with Crippen LogP contribution in [-0.4, -0.2) is 50.6 Å². The van der Waals surface area contributed by atoms with Crippen LogP contribution in [0.15, 0.2) is 18.2 Å². The second kappa shape index (κ2) is 5.66. The number of aliphatic hydroxyl groups is 1. The molecule has 0 spiro atoms. The maximum atomic E-state index is 12.3. The van der Waals surface area contributed by atoms with Gasteiger partial charge in [0.25, 0.3) is 11.6 Å². The Hall–Kier alpha value is -2.19. The molecule has 1 amide bonds. The number of carboxylic acids is 1. The number of likely N-dealkylation sites (tertiary alicyclic amines) is 1. The summed E-state index contributed by atoms with van der Waals surface area (Å²) in [7, 11) is 0. The second-order valence-electron chi connectivity index (χ2n) is 4.60. The molecule has 0 saturated carbocycles. The van der Waals surface area contributed by atoms with Crippen molar-refractivity contribution in [1.29, 1.82) is 0 Å². The number of amides is 1. The highest BCUT2D eigenvalue weighted by molar-refractivity contribution is 6.35. The zero-order chi connectivity index (χ0) is 15.7. The summed E-state index contributed by atoms with van der Waals surface area (Å²) in [6, 6.07) is 2.54. The molecule has 1 aliphatic heterocycles. The Morgan fingerprint density at radius 2 is 2.10 bits per heavy atom. The van der Waals surface area contributed by atoms with Crippen molar-refractivity contribution in [1.82, 2.24) is 4.90 Å². The topological polar surface area (TPSA) is 121 Å². The van der Waals surface area contributed by atoms with Gasteiger partial charge in [-0.2, -0.15) is 0 Å². The molecule has 0 aliphatic carbocycles. The van der Waals surface area contributed by atoms with E-state index in [0.717, 1.165) is 11.0 Å². The number of rotatable bonds is 3. The average molecular weight is 315 g/mol. The highest BCUT2D eigenvalue weighted by Gasteiger charge is 2.40. The van der Waals surface area contributed by atoms with Crippen molar-refractivity contribution in [3.63, 3.8) is 0 Å². The van der Waals surface area contributed by atoms with Gasteiger partial charge in [-0.15, -0.1) is 0 Å². The van der Waals surface area contributed by atoms with Crippen LogP contribution in [0.4, 0.5) is 5.69 Å². The molecule has 1 saturated heterocycles. The lowest BCUT2D eigenvalue weighted by molar-refractivity contribution is -0.384. The number of nitro groups is 1. The van der Waals surface area contributed by atoms with Crippen molar-refractivity contribution in [3.05, 3.63) is 38.9 Å². The number of nitro benzene ring substituents is 1. The summed E-state index contributed by atoms with van der Waals surface area (Å²) in [4.78, 5) is 34.5. The standard InChI is InChI=1S/C12H11ClN2O6/c13-10-7(2-1-3-8(10)15(20)21)11(17)14-5-6(16)4-9(14)12(18)19/h1-3,6,9,16H,4-5H2,(H,18,19)/t6-,9-/m1/s1. The van der Waals surface area contributed by atoms with E-state index in [0.29, 0.717) is 0 Å². The SMILES string of the molecule is O=C(O)[C@H]1C[C@@H](O)CN1C(=O)c1cccc([N+](=O)[O-])c1Cl. The first kappa shape index (κ1) is 15.2. The number of carbonyl (C=O) groups excluding carboxylic acids is 1. The van der Waals surface area contributed by atoms with E-state index in [1.165, 1.54) is 12.1 Å². The smallest absolute Gasteiger partial charge is 0.326 e. The summed E-state index contributed by atoms with van der Waals surface area (Å²) in [6.45, 7) is -0.158. The molecule has 2 rings (SSSR count). The molecule has 0 unspecified atom stereocenters. The fourth-order valence-electron chi connectivity index (χ4n) is 2.25. The number of carbonyl (C=O) groups is 2. The van der Waals surface area contributed by atoms with Crippen LogP contribution in [0.5, 0.6) is 0 Å². The number of hydrogen-bond acceptors (Lipinski definition) is 5. The summed E-state index contributed by atoms with van der Waals surface area (Å²) in [5.41, 5.74) is -0.597. The molecule has 1 aromatic carbocycles. The lowest BCUT2D eigenvalue weighted by atomic mass is 10.1. The van der Waals surface area contributed by atoms with Gasteiger partial charge in [-0.25, -0.2) is 4.79 Å². The minimum atomic E-state index is -1.25. The number of hydrogen-bond donors (Lipinski definition) is 2. The van der Waals surface area contributed by atoms with Crippen LogP contribution >= 0.6 is 11.6 Å². The number of halogens is 1. The van der Waals surface area contributed by atoms with E-state index >= 15 is 0 Å². The van der Waals surface area contributed by atoms with E-state index in [-0.39, 0.29) is 23.6 Å². The van der Waals surface area contributed by atoms with Crippen LogP contribution in [0.3, 0.4) is 0 Å². The molecule has 8 nitrogen and oxygen atoms in total. The predicted octanol–water partition coefficient (Wildman–Crippen LogP) is 0.908. The first-order chi connectivity index (χ1) is 9.82. The van der Waals surface area contributed by atoms with Gasteiger partial charge >= 0.3 is 5.97 Å². The van der Waals surface area contributed by atoms with Crippen LogP contribution in [0.25, 0.3) is 0 Å². The van der Waals surface area contributed by atoms with Gasteiger partial charge in [0.15, 0.2) is 0 Å². The number of nitrogens with zero attached hydrogens (tertiary/aromatic N) is 2. The summed E-state index contributed by atoms with van der Waals surface area (Å²) in [5.74, 6) is -2.01. The number of aliphatic hydroxyl groups excluding tert-OH is 1. The molecule has 1 aromatic rings. The molecule has 9 heteroatoms. The third-order valence-corrected chi connectivity index (χ3v) is 3.63. The Kier molecular flexibility index (Phi) is 4.10. The Morgan fingerprint density at radius 1 is 1.43 bits per heavy atom. The van der Waals surface area contributed by atoms with E-state index in [4.69, 9.17) is 16.7 Å². The highest BCUT2D eigenvalue weighted by atomic mass is 35.5. The van der Waals surface area contributed by atoms with Crippen LogP contribution < -0.4 is 0 Å². The molecular formula is C12H11ClN2O6. The third-order valence-electron chi connectivity index (χ3n) is 3.23. The van der Waals surface area contributed by atoms with Gasteiger partial charge < -0.3 is 15.1 Å².